The first-order valence-corrected chi connectivity index (χ1v) is 9.03. The van der Waals surface area contributed by atoms with Crippen LogP contribution in [-0.4, -0.2) is 13.3 Å². The highest BCUT2D eigenvalue weighted by molar-refractivity contribution is 7.89. The fraction of sp³-hybridized carbons (Fsp3) is 0.294. The third-order valence-electron chi connectivity index (χ3n) is 3.82. The van der Waals surface area contributed by atoms with Crippen molar-refractivity contribution in [3.05, 3.63) is 69.3 Å². The van der Waals surface area contributed by atoms with Crippen molar-refractivity contribution in [3.8, 4) is 0 Å². The van der Waals surface area contributed by atoms with Crippen LogP contribution in [0.25, 0.3) is 0 Å². The van der Waals surface area contributed by atoms with Crippen LogP contribution in [0.5, 0.6) is 0 Å². The van der Waals surface area contributed by atoms with Gasteiger partial charge in [0.2, 0.25) is 10.0 Å². The van der Waals surface area contributed by atoms with Gasteiger partial charge in [-0.05, 0) is 30.0 Å². The Morgan fingerprint density at radius 2 is 1.83 bits per heavy atom. The third-order valence-corrected chi connectivity index (χ3v) is 5.22. The fourth-order valence-corrected chi connectivity index (χ4v) is 3.49. The number of aryl methyl sites for hydroxylation is 1. The standard InChI is InChI=1S/C17H20N2O4S/c1-12(2)16-7-5-4-6-14(16)11-18-24(22,23)15-9-8-13(3)17(10-15)19(20)21/h4-10,12,18H,11H2,1-3H3. The summed E-state index contributed by atoms with van der Waals surface area (Å²) >= 11 is 0. The van der Waals surface area contributed by atoms with Crippen molar-refractivity contribution < 1.29 is 13.3 Å². The van der Waals surface area contributed by atoms with Crippen LogP contribution in [-0.2, 0) is 16.6 Å². The highest BCUT2D eigenvalue weighted by Gasteiger charge is 2.20. The summed E-state index contributed by atoms with van der Waals surface area (Å²) in [6.07, 6.45) is 0. The summed E-state index contributed by atoms with van der Waals surface area (Å²) in [5.41, 5.74) is 2.16. The monoisotopic (exact) mass is 348 g/mol. The molecule has 2 aromatic carbocycles. The van der Waals surface area contributed by atoms with Gasteiger partial charge in [-0.2, -0.15) is 0 Å². The predicted molar refractivity (Wildman–Crippen MR) is 92.4 cm³/mol. The molecule has 0 aliphatic rings. The van der Waals surface area contributed by atoms with Crippen molar-refractivity contribution in [2.45, 2.75) is 38.1 Å². The molecule has 0 bridgehead atoms. The molecule has 24 heavy (non-hydrogen) atoms. The maximum atomic E-state index is 12.4. The van der Waals surface area contributed by atoms with Gasteiger partial charge in [0.15, 0.2) is 0 Å². The van der Waals surface area contributed by atoms with Gasteiger partial charge >= 0.3 is 0 Å². The number of nitro groups is 1. The molecule has 0 fully saturated rings. The van der Waals surface area contributed by atoms with Gasteiger partial charge in [-0.25, -0.2) is 13.1 Å². The molecular formula is C17H20N2O4S. The van der Waals surface area contributed by atoms with E-state index in [1.54, 1.807) is 6.92 Å². The summed E-state index contributed by atoms with van der Waals surface area (Å²) in [6.45, 7) is 5.78. The Hall–Kier alpha value is -2.25. The Bertz CT molecular complexity index is 861. The Kier molecular flexibility index (Phi) is 5.36. The summed E-state index contributed by atoms with van der Waals surface area (Å²) in [4.78, 5) is 10.3. The molecule has 128 valence electrons. The number of nitrogens with zero attached hydrogens (tertiary/aromatic N) is 1. The Balaban J connectivity index is 2.27. The number of hydrogen-bond acceptors (Lipinski definition) is 4. The molecular weight excluding hydrogens is 328 g/mol. The number of nitro benzene ring substituents is 1. The molecule has 0 radical (unpaired) electrons. The quantitative estimate of drug-likeness (QED) is 0.639. The highest BCUT2D eigenvalue weighted by Crippen LogP contribution is 2.23. The first-order valence-electron chi connectivity index (χ1n) is 7.55. The third kappa shape index (κ3) is 3.98. The number of benzene rings is 2. The number of rotatable bonds is 6. The van der Waals surface area contributed by atoms with Gasteiger partial charge in [0.05, 0.1) is 9.82 Å². The maximum Gasteiger partial charge on any atom is 0.273 e. The van der Waals surface area contributed by atoms with E-state index in [1.165, 1.54) is 12.1 Å². The van der Waals surface area contributed by atoms with Crippen LogP contribution >= 0.6 is 0 Å². The molecule has 1 N–H and O–H groups in total. The lowest BCUT2D eigenvalue weighted by Crippen LogP contribution is -2.24. The van der Waals surface area contributed by atoms with Crippen molar-refractivity contribution in [2.24, 2.45) is 0 Å². The summed E-state index contributed by atoms with van der Waals surface area (Å²) in [5, 5.41) is 11.0. The van der Waals surface area contributed by atoms with Crippen LogP contribution in [0.2, 0.25) is 0 Å². The van der Waals surface area contributed by atoms with Crippen LogP contribution in [0.15, 0.2) is 47.4 Å². The average Bonchev–Trinajstić information content (AvgIpc) is 2.53. The van der Waals surface area contributed by atoms with Crippen molar-refractivity contribution in [3.63, 3.8) is 0 Å². The second-order valence-electron chi connectivity index (χ2n) is 5.88. The van der Waals surface area contributed by atoms with Crippen LogP contribution < -0.4 is 4.72 Å². The summed E-state index contributed by atoms with van der Waals surface area (Å²) in [7, 11) is -3.83. The lowest BCUT2D eigenvalue weighted by molar-refractivity contribution is -0.385. The van der Waals surface area contributed by atoms with E-state index in [2.05, 4.69) is 4.72 Å². The van der Waals surface area contributed by atoms with Crippen LogP contribution in [0, 0.1) is 17.0 Å². The highest BCUT2D eigenvalue weighted by atomic mass is 32.2. The molecule has 0 heterocycles. The minimum Gasteiger partial charge on any atom is -0.258 e. The van der Waals surface area contributed by atoms with Gasteiger partial charge in [-0.15, -0.1) is 0 Å². The molecule has 2 aromatic rings. The largest absolute Gasteiger partial charge is 0.273 e. The van der Waals surface area contributed by atoms with Crippen molar-refractivity contribution >= 4 is 15.7 Å². The first-order chi connectivity index (χ1) is 11.2. The van der Waals surface area contributed by atoms with E-state index in [1.807, 2.05) is 38.1 Å². The normalized spacial score (nSPS) is 11.7. The van der Waals surface area contributed by atoms with Crippen LogP contribution in [0.3, 0.4) is 0 Å². The van der Waals surface area contributed by atoms with Crippen molar-refractivity contribution in [2.75, 3.05) is 0 Å². The lowest BCUT2D eigenvalue weighted by atomic mass is 9.97. The van der Waals surface area contributed by atoms with E-state index in [-0.39, 0.29) is 23.0 Å². The summed E-state index contributed by atoms with van der Waals surface area (Å²) in [5.74, 6) is 0.270. The lowest BCUT2D eigenvalue weighted by Gasteiger charge is -2.13. The predicted octanol–water partition coefficient (Wildman–Crippen LogP) is 3.51. The van der Waals surface area contributed by atoms with Gasteiger partial charge in [-0.1, -0.05) is 44.2 Å². The molecule has 0 aliphatic heterocycles. The molecule has 0 aliphatic carbocycles. The zero-order valence-electron chi connectivity index (χ0n) is 13.8. The molecule has 7 heteroatoms. The van der Waals surface area contributed by atoms with E-state index < -0.39 is 14.9 Å². The molecule has 0 atom stereocenters. The zero-order chi connectivity index (χ0) is 17.9. The summed E-state index contributed by atoms with van der Waals surface area (Å²) < 4.78 is 27.4. The van der Waals surface area contributed by atoms with Crippen molar-refractivity contribution in [1.29, 1.82) is 0 Å². The van der Waals surface area contributed by atoms with Crippen LogP contribution in [0.4, 0.5) is 5.69 Å². The fourth-order valence-electron chi connectivity index (χ4n) is 2.47. The van der Waals surface area contributed by atoms with Gasteiger partial charge in [0.1, 0.15) is 0 Å². The van der Waals surface area contributed by atoms with E-state index in [4.69, 9.17) is 0 Å². The van der Waals surface area contributed by atoms with E-state index in [0.717, 1.165) is 17.2 Å². The second-order valence-corrected chi connectivity index (χ2v) is 7.65. The minimum absolute atomic E-state index is 0.109. The smallest absolute Gasteiger partial charge is 0.258 e. The summed E-state index contributed by atoms with van der Waals surface area (Å²) in [6, 6.07) is 11.5. The molecule has 2 rings (SSSR count). The average molecular weight is 348 g/mol. The van der Waals surface area contributed by atoms with Gasteiger partial charge < -0.3 is 0 Å². The molecule has 0 aromatic heterocycles. The van der Waals surface area contributed by atoms with Crippen molar-refractivity contribution in [1.82, 2.24) is 4.72 Å². The zero-order valence-corrected chi connectivity index (χ0v) is 14.6. The Morgan fingerprint density at radius 3 is 2.46 bits per heavy atom. The second kappa shape index (κ2) is 7.11. The van der Waals surface area contributed by atoms with Crippen LogP contribution in [0.1, 0.15) is 36.5 Å². The number of sulfonamides is 1. The van der Waals surface area contributed by atoms with E-state index in [0.29, 0.717) is 5.56 Å². The molecule has 0 spiro atoms. The Labute approximate surface area is 141 Å². The van der Waals surface area contributed by atoms with E-state index in [9.17, 15) is 18.5 Å². The molecule has 0 saturated heterocycles. The minimum atomic E-state index is -3.83. The molecule has 0 unspecified atom stereocenters. The molecule has 0 saturated carbocycles. The van der Waals surface area contributed by atoms with E-state index >= 15 is 0 Å². The van der Waals surface area contributed by atoms with Gasteiger partial charge in [0, 0.05) is 18.2 Å². The SMILES string of the molecule is Cc1ccc(S(=O)(=O)NCc2ccccc2C(C)C)cc1[N+](=O)[O-]. The van der Waals surface area contributed by atoms with Gasteiger partial charge in [0.25, 0.3) is 5.69 Å². The van der Waals surface area contributed by atoms with Gasteiger partial charge in [-0.3, -0.25) is 10.1 Å². The maximum absolute atomic E-state index is 12.4. The Morgan fingerprint density at radius 1 is 1.17 bits per heavy atom. The molecule has 6 nitrogen and oxygen atoms in total. The first kappa shape index (κ1) is 18.1. The number of hydrogen-bond donors (Lipinski definition) is 1. The molecule has 0 amide bonds. The number of nitrogens with one attached hydrogen (secondary N) is 1. The topological polar surface area (TPSA) is 89.3 Å².